The Morgan fingerprint density at radius 3 is 2.33 bits per heavy atom. The van der Waals surface area contributed by atoms with Gasteiger partial charge in [-0.25, -0.2) is 0 Å². The minimum absolute atomic E-state index is 0.199. The molecule has 30 heavy (non-hydrogen) atoms. The van der Waals surface area contributed by atoms with Crippen LogP contribution in [0.15, 0.2) is 48.5 Å². The van der Waals surface area contributed by atoms with Gasteiger partial charge in [0.05, 0.1) is 17.6 Å². The van der Waals surface area contributed by atoms with E-state index in [1.165, 1.54) is 19.3 Å². The smallest absolute Gasteiger partial charge is 0.203 e. The minimum atomic E-state index is -0.694. The summed E-state index contributed by atoms with van der Waals surface area (Å²) < 4.78 is 9.79. The number of hydrogen-bond acceptors (Lipinski definition) is 4. The summed E-state index contributed by atoms with van der Waals surface area (Å²) >= 11 is 0. The highest BCUT2D eigenvalue weighted by molar-refractivity contribution is 5.75. The summed E-state index contributed by atoms with van der Waals surface area (Å²) in [5, 5.41) is 19.4. The van der Waals surface area contributed by atoms with Crippen LogP contribution in [0.3, 0.4) is 0 Å². The Morgan fingerprint density at radius 2 is 1.60 bits per heavy atom. The van der Waals surface area contributed by atoms with Crippen LogP contribution in [0.25, 0.3) is 11.0 Å². The highest BCUT2D eigenvalue weighted by Crippen LogP contribution is 2.17. The van der Waals surface area contributed by atoms with Crippen molar-refractivity contribution in [2.45, 2.75) is 45.4 Å². The van der Waals surface area contributed by atoms with Gasteiger partial charge in [0.1, 0.15) is 18.5 Å². The average Bonchev–Trinajstić information content (AvgIpc) is 3.03. The molecule has 6 nitrogen and oxygen atoms in total. The molecule has 2 heterocycles. The normalized spacial score (nSPS) is 16.1. The summed E-state index contributed by atoms with van der Waals surface area (Å²) in [7, 11) is 0. The summed E-state index contributed by atoms with van der Waals surface area (Å²) in [6.45, 7) is 6.59. The van der Waals surface area contributed by atoms with Crippen molar-refractivity contribution in [3.8, 4) is 5.75 Å². The van der Waals surface area contributed by atoms with Gasteiger partial charge in [-0.1, -0.05) is 36.8 Å². The average molecular weight is 409 g/mol. The second kappa shape index (κ2) is 9.49. The molecular weight excluding hydrogens is 376 g/mol. The van der Waals surface area contributed by atoms with E-state index in [2.05, 4.69) is 15.5 Å². The first-order valence-electron chi connectivity index (χ1n) is 10.9. The Bertz CT molecular complexity index is 1030. The first kappa shape index (κ1) is 20.7. The van der Waals surface area contributed by atoms with Crippen molar-refractivity contribution >= 4 is 11.0 Å². The predicted octanol–water partition coefficient (Wildman–Crippen LogP) is 3.16. The Balaban J connectivity index is 1.48. The fourth-order valence-corrected chi connectivity index (χ4v) is 4.30. The van der Waals surface area contributed by atoms with Crippen molar-refractivity contribution in [3.05, 3.63) is 59.7 Å². The quantitative estimate of drug-likeness (QED) is 0.602. The fourth-order valence-electron chi connectivity index (χ4n) is 4.30. The number of aliphatic hydroxyl groups is 1. The lowest BCUT2D eigenvalue weighted by atomic mass is 10.1. The van der Waals surface area contributed by atoms with E-state index in [0.29, 0.717) is 12.2 Å². The maximum Gasteiger partial charge on any atom is 0.203 e. The van der Waals surface area contributed by atoms with Gasteiger partial charge < -0.3 is 23.9 Å². The number of imidazole rings is 1. The molecule has 2 aromatic carbocycles. The molecule has 0 unspecified atom stereocenters. The summed E-state index contributed by atoms with van der Waals surface area (Å²) in [6.07, 6.45) is 3.18. The third kappa shape index (κ3) is 4.60. The van der Waals surface area contributed by atoms with Crippen LogP contribution in [-0.2, 0) is 13.1 Å². The fraction of sp³-hybridized carbons (Fsp3) is 0.458. The van der Waals surface area contributed by atoms with Crippen LogP contribution in [0.2, 0.25) is 0 Å². The molecule has 6 heteroatoms. The summed E-state index contributed by atoms with van der Waals surface area (Å²) in [4.78, 5) is 2.49. The van der Waals surface area contributed by atoms with Gasteiger partial charge in [-0.05, 0) is 56.6 Å². The molecule has 1 atom stereocenters. The van der Waals surface area contributed by atoms with Crippen molar-refractivity contribution in [1.29, 1.82) is 5.41 Å². The number of benzene rings is 2. The molecule has 1 fully saturated rings. The molecular formula is C24H32N4O2. The molecule has 1 aliphatic heterocycles. The second-order valence-corrected chi connectivity index (χ2v) is 8.21. The van der Waals surface area contributed by atoms with E-state index in [0.717, 1.165) is 48.5 Å². The number of nitrogens with one attached hydrogen (secondary N) is 1. The van der Waals surface area contributed by atoms with Crippen molar-refractivity contribution < 1.29 is 9.84 Å². The monoisotopic (exact) mass is 408 g/mol. The van der Waals surface area contributed by atoms with E-state index >= 15 is 0 Å². The molecule has 1 aliphatic rings. The molecule has 3 aromatic rings. The molecule has 0 bridgehead atoms. The highest BCUT2D eigenvalue weighted by atomic mass is 16.5. The van der Waals surface area contributed by atoms with Gasteiger partial charge in [0.15, 0.2) is 0 Å². The van der Waals surface area contributed by atoms with Gasteiger partial charge in [0.2, 0.25) is 5.62 Å². The molecule has 1 aromatic heterocycles. The summed E-state index contributed by atoms with van der Waals surface area (Å²) in [5.41, 5.74) is 3.51. The van der Waals surface area contributed by atoms with Gasteiger partial charge in [-0.3, -0.25) is 5.41 Å². The zero-order valence-corrected chi connectivity index (χ0v) is 17.8. The largest absolute Gasteiger partial charge is 0.491 e. The highest BCUT2D eigenvalue weighted by Gasteiger charge is 2.16. The van der Waals surface area contributed by atoms with Crippen molar-refractivity contribution in [1.82, 2.24) is 14.0 Å². The first-order valence-corrected chi connectivity index (χ1v) is 10.9. The SMILES string of the molecule is Cc1ccccc1OC[C@H](O)Cn1c(=N)n(CCN2CCCCC2)c2ccccc21. The zero-order valence-electron chi connectivity index (χ0n) is 17.8. The predicted molar refractivity (Wildman–Crippen MR) is 119 cm³/mol. The number of ether oxygens (including phenoxy) is 1. The summed E-state index contributed by atoms with van der Waals surface area (Å²) in [5.74, 6) is 0.789. The molecule has 2 N–H and O–H groups in total. The number of nitrogens with zero attached hydrogens (tertiary/aromatic N) is 3. The third-order valence-corrected chi connectivity index (χ3v) is 5.98. The van der Waals surface area contributed by atoms with E-state index in [1.807, 2.05) is 54.0 Å². The molecule has 0 saturated carbocycles. The number of aliphatic hydroxyl groups excluding tert-OH is 1. The van der Waals surface area contributed by atoms with Crippen LogP contribution in [0, 0.1) is 12.3 Å². The first-order chi connectivity index (χ1) is 14.6. The lowest BCUT2D eigenvalue weighted by Crippen LogP contribution is -2.36. The van der Waals surface area contributed by atoms with Gasteiger partial charge >= 0.3 is 0 Å². The van der Waals surface area contributed by atoms with Crippen molar-refractivity contribution in [3.63, 3.8) is 0 Å². The van der Waals surface area contributed by atoms with Crippen molar-refractivity contribution in [2.24, 2.45) is 0 Å². The van der Waals surface area contributed by atoms with Crippen molar-refractivity contribution in [2.75, 3.05) is 26.2 Å². The Kier molecular flexibility index (Phi) is 6.55. The summed E-state index contributed by atoms with van der Waals surface area (Å²) in [6, 6.07) is 15.9. The van der Waals surface area contributed by atoms with Crippen LogP contribution in [-0.4, -0.2) is 51.5 Å². The number of rotatable bonds is 8. The van der Waals surface area contributed by atoms with Crippen LogP contribution < -0.4 is 10.4 Å². The minimum Gasteiger partial charge on any atom is -0.491 e. The maximum atomic E-state index is 10.6. The molecule has 0 amide bonds. The second-order valence-electron chi connectivity index (χ2n) is 8.21. The molecule has 1 saturated heterocycles. The number of fused-ring (bicyclic) bond motifs is 1. The Morgan fingerprint density at radius 1 is 0.933 bits per heavy atom. The van der Waals surface area contributed by atoms with E-state index in [-0.39, 0.29) is 6.61 Å². The Hall–Kier alpha value is -2.57. The topological polar surface area (TPSA) is 66.4 Å². The Labute approximate surface area is 177 Å². The third-order valence-electron chi connectivity index (χ3n) is 5.98. The van der Waals surface area contributed by atoms with Gasteiger partial charge in [-0.2, -0.15) is 0 Å². The van der Waals surface area contributed by atoms with Gasteiger partial charge in [0, 0.05) is 13.1 Å². The number of aryl methyl sites for hydroxylation is 1. The molecule has 0 spiro atoms. The molecule has 0 radical (unpaired) electrons. The molecule has 4 rings (SSSR count). The number of para-hydroxylation sites is 3. The number of piperidine rings is 1. The lowest BCUT2D eigenvalue weighted by molar-refractivity contribution is 0.0917. The lowest BCUT2D eigenvalue weighted by Gasteiger charge is -2.26. The van der Waals surface area contributed by atoms with Crippen LogP contribution in [0.1, 0.15) is 24.8 Å². The number of hydrogen-bond donors (Lipinski definition) is 2. The van der Waals surface area contributed by atoms with E-state index in [1.54, 1.807) is 0 Å². The van der Waals surface area contributed by atoms with Crippen LogP contribution >= 0.6 is 0 Å². The van der Waals surface area contributed by atoms with Gasteiger partial charge in [-0.15, -0.1) is 0 Å². The number of aromatic nitrogens is 2. The van der Waals surface area contributed by atoms with E-state index in [4.69, 9.17) is 10.1 Å². The van der Waals surface area contributed by atoms with Gasteiger partial charge in [0.25, 0.3) is 0 Å². The molecule has 0 aliphatic carbocycles. The van der Waals surface area contributed by atoms with E-state index < -0.39 is 6.10 Å². The van der Waals surface area contributed by atoms with Crippen LogP contribution in [0.5, 0.6) is 5.75 Å². The zero-order chi connectivity index (χ0) is 20.9. The standard InChI is InChI=1S/C24H32N4O2/c1-19-9-3-6-12-23(19)30-18-20(29)17-28-22-11-5-4-10-21(22)27(24(28)25)16-15-26-13-7-2-8-14-26/h3-6,9-12,20,25,29H,2,7-8,13-18H2,1H3/t20-/m1/s1. The maximum absolute atomic E-state index is 10.6. The molecule has 160 valence electrons. The number of likely N-dealkylation sites (tertiary alicyclic amines) is 1. The van der Waals surface area contributed by atoms with E-state index in [9.17, 15) is 5.11 Å². The van der Waals surface area contributed by atoms with Crippen LogP contribution in [0.4, 0.5) is 0 Å².